The lowest BCUT2D eigenvalue weighted by Gasteiger charge is -2.10. The van der Waals surface area contributed by atoms with Gasteiger partial charge in [0.25, 0.3) is 0 Å². The number of para-hydroxylation sites is 3. The van der Waals surface area contributed by atoms with Crippen molar-refractivity contribution in [1.82, 2.24) is 14.5 Å². The van der Waals surface area contributed by atoms with Crippen molar-refractivity contribution in [3.63, 3.8) is 0 Å². The van der Waals surface area contributed by atoms with Gasteiger partial charge >= 0.3 is 0 Å². The van der Waals surface area contributed by atoms with Gasteiger partial charge in [-0.3, -0.25) is 0 Å². The summed E-state index contributed by atoms with van der Waals surface area (Å²) in [5.74, 6) is 0.668. The van der Waals surface area contributed by atoms with E-state index in [0.717, 1.165) is 66.6 Å². The second kappa shape index (κ2) is 12.1. The predicted octanol–water partition coefficient (Wildman–Crippen LogP) is 13.3. The summed E-state index contributed by atoms with van der Waals surface area (Å²) in [5.41, 5.74) is 12.9. The monoisotopic (exact) mass is 689 g/mol. The van der Waals surface area contributed by atoms with Crippen molar-refractivity contribution in [1.29, 1.82) is 0 Å². The van der Waals surface area contributed by atoms with E-state index in [9.17, 15) is 0 Å². The first-order valence-corrected chi connectivity index (χ1v) is 18.2. The van der Waals surface area contributed by atoms with Crippen LogP contribution in [-0.2, 0) is 0 Å². The van der Waals surface area contributed by atoms with Crippen LogP contribution in [0.1, 0.15) is 0 Å². The molecule has 0 atom stereocenters. The molecular weight excluding hydrogens is 659 g/mol. The molecule has 0 radical (unpaired) electrons. The molecule has 11 rings (SSSR count). The van der Waals surface area contributed by atoms with Gasteiger partial charge < -0.3 is 8.98 Å². The number of hydrogen-bond donors (Lipinski definition) is 0. The fourth-order valence-corrected chi connectivity index (χ4v) is 8.02. The summed E-state index contributed by atoms with van der Waals surface area (Å²) >= 11 is 0. The molecule has 8 aromatic carbocycles. The second-order valence-electron chi connectivity index (χ2n) is 13.8. The topological polar surface area (TPSA) is 43.9 Å². The Morgan fingerprint density at radius 3 is 1.78 bits per heavy atom. The van der Waals surface area contributed by atoms with Crippen LogP contribution in [0, 0.1) is 0 Å². The fraction of sp³-hybridized carbons (Fsp3) is 0. The van der Waals surface area contributed by atoms with Crippen molar-refractivity contribution in [2.45, 2.75) is 0 Å². The Labute approximate surface area is 311 Å². The average molecular weight is 690 g/mol. The van der Waals surface area contributed by atoms with Crippen molar-refractivity contribution in [3.05, 3.63) is 188 Å². The third kappa shape index (κ3) is 4.85. The van der Waals surface area contributed by atoms with Gasteiger partial charge in [-0.05, 0) is 69.9 Å². The molecule has 0 N–H and O–H groups in total. The van der Waals surface area contributed by atoms with E-state index in [2.05, 4.69) is 168 Å². The minimum Gasteiger partial charge on any atom is -0.451 e. The van der Waals surface area contributed by atoms with Gasteiger partial charge in [0.05, 0.1) is 11.0 Å². The van der Waals surface area contributed by atoms with E-state index in [-0.39, 0.29) is 0 Å². The third-order valence-electron chi connectivity index (χ3n) is 10.6. The summed E-state index contributed by atoms with van der Waals surface area (Å²) in [6, 6.07) is 66.2. The number of fused-ring (bicyclic) bond motifs is 7. The molecule has 0 saturated carbocycles. The van der Waals surface area contributed by atoms with E-state index in [1.807, 2.05) is 24.3 Å². The molecule has 0 spiro atoms. The van der Waals surface area contributed by atoms with Crippen molar-refractivity contribution in [3.8, 4) is 50.6 Å². The maximum Gasteiger partial charge on any atom is 0.180 e. The zero-order valence-corrected chi connectivity index (χ0v) is 29.1. The van der Waals surface area contributed by atoms with Gasteiger partial charge in [-0.25, -0.2) is 9.97 Å². The molecule has 0 unspecified atom stereocenters. The summed E-state index contributed by atoms with van der Waals surface area (Å²) < 4.78 is 9.26. The largest absolute Gasteiger partial charge is 0.451 e. The van der Waals surface area contributed by atoms with Gasteiger partial charge in [0.1, 0.15) is 16.8 Å². The highest BCUT2D eigenvalue weighted by Gasteiger charge is 2.21. The molecule has 0 aliphatic carbocycles. The lowest BCUT2D eigenvalue weighted by molar-refractivity contribution is 0.668. The Morgan fingerprint density at radius 2 is 1.00 bits per heavy atom. The molecule has 4 nitrogen and oxygen atoms in total. The molecule has 54 heavy (non-hydrogen) atoms. The standard InChI is InChI=1S/C50H31N3O/c1-3-13-32(14-4-1)34-17-11-18-38(30-34)46-49-47(52-50(51-46)33-15-5-2-6-16-33)43-22-12-21-40(48(43)54-49)37-26-25-36-31-39(28-27-35(36)29-37)53-44-23-9-7-19-41(44)42-20-8-10-24-45(42)53/h1-31H. The third-order valence-corrected chi connectivity index (χ3v) is 10.6. The summed E-state index contributed by atoms with van der Waals surface area (Å²) in [6.45, 7) is 0. The van der Waals surface area contributed by atoms with Crippen LogP contribution in [0.25, 0.3) is 105 Å². The molecule has 0 aliphatic heterocycles. The summed E-state index contributed by atoms with van der Waals surface area (Å²) in [6.07, 6.45) is 0. The van der Waals surface area contributed by atoms with E-state index in [1.54, 1.807) is 0 Å². The molecule has 0 amide bonds. The van der Waals surface area contributed by atoms with E-state index >= 15 is 0 Å². The smallest absolute Gasteiger partial charge is 0.180 e. The number of aromatic nitrogens is 3. The number of furan rings is 1. The summed E-state index contributed by atoms with van der Waals surface area (Å²) in [4.78, 5) is 10.3. The highest BCUT2D eigenvalue weighted by Crippen LogP contribution is 2.41. The zero-order chi connectivity index (χ0) is 35.6. The Bertz CT molecular complexity index is 3160. The van der Waals surface area contributed by atoms with Crippen LogP contribution in [0.2, 0.25) is 0 Å². The molecule has 3 heterocycles. The van der Waals surface area contributed by atoms with Crippen LogP contribution in [-0.4, -0.2) is 14.5 Å². The summed E-state index contributed by atoms with van der Waals surface area (Å²) in [5, 5.41) is 5.82. The zero-order valence-electron chi connectivity index (χ0n) is 29.1. The normalized spacial score (nSPS) is 11.7. The lowest BCUT2D eigenvalue weighted by Crippen LogP contribution is -1.94. The first-order chi connectivity index (χ1) is 26.8. The van der Waals surface area contributed by atoms with E-state index in [0.29, 0.717) is 11.4 Å². The molecule has 0 bridgehead atoms. The van der Waals surface area contributed by atoms with Gasteiger partial charge in [0.2, 0.25) is 0 Å². The van der Waals surface area contributed by atoms with Crippen molar-refractivity contribution in [2.75, 3.05) is 0 Å². The summed E-state index contributed by atoms with van der Waals surface area (Å²) in [7, 11) is 0. The Balaban J connectivity index is 1.07. The molecule has 3 aromatic heterocycles. The minimum atomic E-state index is 0.668. The average Bonchev–Trinajstić information content (AvgIpc) is 3.80. The highest BCUT2D eigenvalue weighted by molar-refractivity contribution is 6.12. The van der Waals surface area contributed by atoms with Crippen molar-refractivity contribution < 1.29 is 4.42 Å². The number of rotatable bonds is 5. The minimum absolute atomic E-state index is 0.668. The predicted molar refractivity (Wildman–Crippen MR) is 223 cm³/mol. The van der Waals surface area contributed by atoms with Gasteiger partial charge in [-0.2, -0.15) is 0 Å². The molecule has 4 heteroatoms. The van der Waals surface area contributed by atoms with E-state index in [4.69, 9.17) is 14.4 Å². The Hall–Kier alpha value is -7.30. The van der Waals surface area contributed by atoms with Crippen molar-refractivity contribution >= 4 is 54.6 Å². The van der Waals surface area contributed by atoms with E-state index in [1.165, 1.54) is 27.2 Å². The van der Waals surface area contributed by atoms with Crippen LogP contribution >= 0.6 is 0 Å². The van der Waals surface area contributed by atoms with Crippen LogP contribution in [0.15, 0.2) is 192 Å². The Kier molecular flexibility index (Phi) is 6.82. The number of benzene rings is 8. The van der Waals surface area contributed by atoms with E-state index < -0.39 is 0 Å². The van der Waals surface area contributed by atoms with Gasteiger partial charge in [0.15, 0.2) is 11.4 Å². The number of nitrogens with zero attached hydrogens (tertiary/aromatic N) is 3. The van der Waals surface area contributed by atoms with Gasteiger partial charge in [0, 0.05) is 38.5 Å². The maximum atomic E-state index is 6.89. The van der Waals surface area contributed by atoms with Crippen LogP contribution < -0.4 is 0 Å². The van der Waals surface area contributed by atoms with Gasteiger partial charge in [-0.15, -0.1) is 0 Å². The van der Waals surface area contributed by atoms with Crippen LogP contribution in [0.5, 0.6) is 0 Å². The molecule has 0 saturated heterocycles. The first-order valence-electron chi connectivity index (χ1n) is 18.2. The lowest BCUT2D eigenvalue weighted by atomic mass is 9.99. The quantitative estimate of drug-likeness (QED) is 0.181. The molecule has 252 valence electrons. The number of hydrogen-bond acceptors (Lipinski definition) is 3. The Morgan fingerprint density at radius 1 is 0.389 bits per heavy atom. The SMILES string of the molecule is c1ccc(-c2cccc(-c3nc(-c4ccccc4)nc4c3oc3c(-c5ccc6cc(-n7c8ccccc8c8ccccc87)ccc6c5)cccc34)c2)cc1. The first kappa shape index (κ1) is 30.3. The fourth-order valence-electron chi connectivity index (χ4n) is 8.02. The molecular formula is C50H31N3O. The maximum absolute atomic E-state index is 6.89. The van der Waals surface area contributed by atoms with Gasteiger partial charge in [-0.1, -0.05) is 146 Å². The van der Waals surface area contributed by atoms with Crippen molar-refractivity contribution in [2.24, 2.45) is 0 Å². The van der Waals surface area contributed by atoms with Crippen LogP contribution in [0.3, 0.4) is 0 Å². The highest BCUT2D eigenvalue weighted by atomic mass is 16.3. The molecule has 0 fully saturated rings. The second-order valence-corrected chi connectivity index (χ2v) is 13.8. The molecule has 11 aromatic rings. The molecule has 0 aliphatic rings. The van der Waals surface area contributed by atoms with Crippen LogP contribution in [0.4, 0.5) is 0 Å².